The Morgan fingerprint density at radius 3 is 2.58 bits per heavy atom. The number of pyridine rings is 1. The SMILES string of the molecule is NC(=O)CCCCNc1cc(C(F)(F)F)cc(N)n1. The van der Waals surface area contributed by atoms with E-state index in [9.17, 15) is 18.0 Å². The lowest BCUT2D eigenvalue weighted by Crippen LogP contribution is -2.12. The fourth-order valence-electron chi connectivity index (χ4n) is 1.45. The second-order valence-corrected chi connectivity index (χ2v) is 4.01. The molecule has 0 radical (unpaired) electrons. The van der Waals surface area contributed by atoms with Crippen LogP contribution >= 0.6 is 0 Å². The monoisotopic (exact) mass is 276 g/mol. The van der Waals surface area contributed by atoms with Gasteiger partial charge in [0.1, 0.15) is 11.6 Å². The number of halogens is 3. The minimum atomic E-state index is -4.46. The van der Waals surface area contributed by atoms with Gasteiger partial charge in [-0.2, -0.15) is 13.2 Å². The van der Waals surface area contributed by atoms with Crippen molar-refractivity contribution in [3.05, 3.63) is 17.7 Å². The molecule has 5 nitrogen and oxygen atoms in total. The number of nitrogens with two attached hydrogens (primary N) is 2. The lowest BCUT2D eigenvalue weighted by atomic mass is 10.2. The van der Waals surface area contributed by atoms with Crippen LogP contribution in [0.15, 0.2) is 12.1 Å². The number of nitrogen functional groups attached to an aromatic ring is 1. The van der Waals surface area contributed by atoms with Gasteiger partial charge in [-0.05, 0) is 25.0 Å². The van der Waals surface area contributed by atoms with E-state index in [4.69, 9.17) is 11.5 Å². The largest absolute Gasteiger partial charge is 0.416 e. The van der Waals surface area contributed by atoms with Gasteiger partial charge in [-0.1, -0.05) is 0 Å². The van der Waals surface area contributed by atoms with Gasteiger partial charge in [0.15, 0.2) is 0 Å². The first kappa shape index (κ1) is 15.1. The molecule has 0 aliphatic carbocycles. The molecule has 0 atom stereocenters. The van der Waals surface area contributed by atoms with Gasteiger partial charge < -0.3 is 16.8 Å². The molecule has 19 heavy (non-hydrogen) atoms. The lowest BCUT2D eigenvalue weighted by Gasteiger charge is -2.11. The van der Waals surface area contributed by atoms with E-state index in [1.54, 1.807) is 0 Å². The first-order chi connectivity index (χ1) is 8.79. The molecule has 1 heterocycles. The third-order valence-electron chi connectivity index (χ3n) is 2.33. The second-order valence-electron chi connectivity index (χ2n) is 4.01. The summed E-state index contributed by atoms with van der Waals surface area (Å²) < 4.78 is 37.6. The average molecular weight is 276 g/mol. The number of hydrogen-bond acceptors (Lipinski definition) is 4. The first-order valence-electron chi connectivity index (χ1n) is 5.66. The Kier molecular flexibility index (Phi) is 4.96. The first-order valence-corrected chi connectivity index (χ1v) is 5.66. The molecule has 0 saturated carbocycles. The zero-order valence-electron chi connectivity index (χ0n) is 10.1. The minimum Gasteiger partial charge on any atom is -0.384 e. The number of amides is 1. The number of carbonyl (C=O) groups is 1. The van der Waals surface area contributed by atoms with E-state index in [0.29, 0.717) is 19.4 Å². The predicted octanol–water partition coefficient (Wildman–Crippen LogP) is 1.75. The summed E-state index contributed by atoms with van der Waals surface area (Å²) in [6.07, 6.45) is -3.04. The molecular weight excluding hydrogens is 261 g/mol. The van der Waals surface area contributed by atoms with Crippen molar-refractivity contribution in [1.29, 1.82) is 0 Å². The zero-order chi connectivity index (χ0) is 14.5. The highest BCUT2D eigenvalue weighted by atomic mass is 19.4. The Balaban J connectivity index is 2.54. The van der Waals surface area contributed by atoms with Crippen LogP contribution in [-0.2, 0) is 11.0 Å². The normalized spacial score (nSPS) is 11.3. The van der Waals surface area contributed by atoms with Crippen molar-refractivity contribution in [2.75, 3.05) is 17.6 Å². The van der Waals surface area contributed by atoms with E-state index >= 15 is 0 Å². The Labute approximate surface area is 108 Å². The molecule has 0 unspecified atom stereocenters. The number of nitrogens with zero attached hydrogens (tertiary/aromatic N) is 1. The van der Waals surface area contributed by atoms with Gasteiger partial charge in [0.05, 0.1) is 5.56 Å². The van der Waals surface area contributed by atoms with E-state index in [-0.39, 0.29) is 18.1 Å². The molecule has 0 bridgehead atoms. The molecular formula is C11H15F3N4O. The molecule has 106 valence electrons. The van der Waals surface area contributed by atoms with E-state index in [1.807, 2.05) is 0 Å². The molecule has 0 aliphatic heterocycles. The van der Waals surface area contributed by atoms with Gasteiger partial charge in [0.2, 0.25) is 5.91 Å². The second kappa shape index (κ2) is 6.26. The standard InChI is InChI=1S/C11H15F3N4O/c12-11(13,14)7-5-8(15)18-10(6-7)17-4-2-1-3-9(16)19/h5-6H,1-4H2,(H2,16,19)(H3,15,17,18). The fraction of sp³-hybridized carbons (Fsp3) is 0.455. The Morgan fingerprint density at radius 2 is 2.00 bits per heavy atom. The van der Waals surface area contributed by atoms with Crippen molar-refractivity contribution in [1.82, 2.24) is 4.98 Å². The highest BCUT2D eigenvalue weighted by molar-refractivity contribution is 5.73. The summed E-state index contributed by atoms with van der Waals surface area (Å²) in [7, 11) is 0. The minimum absolute atomic E-state index is 0.0615. The molecule has 1 rings (SSSR count). The van der Waals surface area contributed by atoms with Crippen LogP contribution in [0.1, 0.15) is 24.8 Å². The van der Waals surface area contributed by atoms with E-state index in [1.165, 1.54) is 0 Å². The quantitative estimate of drug-likeness (QED) is 0.690. The molecule has 0 fully saturated rings. The van der Waals surface area contributed by atoms with Crippen LogP contribution in [0.4, 0.5) is 24.8 Å². The van der Waals surface area contributed by atoms with Gasteiger partial charge in [0.25, 0.3) is 0 Å². The summed E-state index contributed by atoms with van der Waals surface area (Å²) in [6, 6.07) is 1.67. The van der Waals surface area contributed by atoms with Crippen LogP contribution in [0.2, 0.25) is 0 Å². The molecule has 0 aromatic carbocycles. The number of alkyl halides is 3. The van der Waals surface area contributed by atoms with Crippen LogP contribution in [0.3, 0.4) is 0 Å². The van der Waals surface area contributed by atoms with E-state index in [2.05, 4.69) is 10.3 Å². The number of aromatic nitrogens is 1. The molecule has 0 spiro atoms. The van der Waals surface area contributed by atoms with Gasteiger partial charge in [-0.3, -0.25) is 4.79 Å². The summed E-state index contributed by atoms with van der Waals surface area (Å²) in [5, 5.41) is 2.73. The van der Waals surface area contributed by atoms with Gasteiger partial charge in [-0.15, -0.1) is 0 Å². The maximum Gasteiger partial charge on any atom is 0.416 e. The van der Waals surface area contributed by atoms with Crippen molar-refractivity contribution in [3.8, 4) is 0 Å². The highest BCUT2D eigenvalue weighted by Gasteiger charge is 2.31. The molecule has 1 aromatic heterocycles. The summed E-state index contributed by atoms with van der Waals surface area (Å²) in [6.45, 7) is 0.390. The molecule has 0 aliphatic rings. The smallest absolute Gasteiger partial charge is 0.384 e. The van der Waals surface area contributed by atoms with Gasteiger partial charge in [-0.25, -0.2) is 4.98 Å². The summed E-state index contributed by atoms with van der Waals surface area (Å²) in [5.41, 5.74) is 9.43. The summed E-state index contributed by atoms with van der Waals surface area (Å²) in [4.78, 5) is 14.2. The van der Waals surface area contributed by atoms with Crippen LogP contribution < -0.4 is 16.8 Å². The third kappa shape index (κ3) is 5.45. The van der Waals surface area contributed by atoms with E-state index in [0.717, 1.165) is 12.1 Å². The lowest BCUT2D eigenvalue weighted by molar-refractivity contribution is -0.137. The van der Waals surface area contributed by atoms with Crippen molar-refractivity contribution in [2.24, 2.45) is 5.73 Å². The van der Waals surface area contributed by atoms with Crippen molar-refractivity contribution >= 4 is 17.5 Å². The van der Waals surface area contributed by atoms with Crippen molar-refractivity contribution < 1.29 is 18.0 Å². The predicted molar refractivity (Wildman–Crippen MR) is 65.2 cm³/mol. The topological polar surface area (TPSA) is 94.0 Å². The highest BCUT2D eigenvalue weighted by Crippen LogP contribution is 2.31. The number of hydrogen-bond donors (Lipinski definition) is 3. The summed E-state index contributed by atoms with van der Waals surface area (Å²) in [5.74, 6) is -0.540. The average Bonchev–Trinajstić information content (AvgIpc) is 2.26. The van der Waals surface area contributed by atoms with Crippen molar-refractivity contribution in [3.63, 3.8) is 0 Å². The van der Waals surface area contributed by atoms with E-state index < -0.39 is 17.6 Å². The van der Waals surface area contributed by atoms with Crippen LogP contribution in [0.25, 0.3) is 0 Å². The molecule has 1 amide bonds. The molecule has 5 N–H and O–H groups in total. The van der Waals surface area contributed by atoms with Crippen LogP contribution in [0.5, 0.6) is 0 Å². The van der Waals surface area contributed by atoms with Gasteiger partial charge in [0, 0.05) is 13.0 Å². The third-order valence-corrected chi connectivity index (χ3v) is 2.33. The Hall–Kier alpha value is -1.99. The van der Waals surface area contributed by atoms with Crippen LogP contribution in [0, 0.1) is 0 Å². The number of anilines is 2. The number of carbonyl (C=O) groups excluding carboxylic acids is 1. The number of rotatable bonds is 6. The zero-order valence-corrected chi connectivity index (χ0v) is 10.1. The number of nitrogens with one attached hydrogen (secondary N) is 1. The van der Waals surface area contributed by atoms with Crippen molar-refractivity contribution in [2.45, 2.75) is 25.4 Å². The Morgan fingerprint density at radius 1 is 1.32 bits per heavy atom. The molecule has 0 saturated heterocycles. The number of primary amides is 1. The fourth-order valence-corrected chi connectivity index (χ4v) is 1.45. The molecule has 1 aromatic rings. The maximum atomic E-state index is 12.5. The summed E-state index contributed by atoms with van der Waals surface area (Å²) >= 11 is 0. The van der Waals surface area contributed by atoms with Crippen LogP contribution in [-0.4, -0.2) is 17.4 Å². The number of unbranched alkanes of at least 4 members (excludes halogenated alkanes) is 1. The Bertz CT molecular complexity index is 448. The molecule has 8 heteroatoms. The van der Waals surface area contributed by atoms with Gasteiger partial charge >= 0.3 is 6.18 Å². The maximum absolute atomic E-state index is 12.5.